The highest BCUT2D eigenvalue weighted by molar-refractivity contribution is 7.99. The Labute approximate surface area is 237 Å². The molecule has 1 aliphatic rings. The summed E-state index contributed by atoms with van der Waals surface area (Å²) in [5, 5.41) is 0. The third-order valence-corrected chi connectivity index (χ3v) is 8.80. The molecule has 1 fully saturated rings. The number of fused-ring (bicyclic) bond motifs is 1. The van der Waals surface area contributed by atoms with Gasteiger partial charge in [0, 0.05) is 50.7 Å². The normalized spacial score (nSPS) is 14.9. The molecule has 0 spiro atoms. The maximum Gasteiger partial charge on any atom is 0.332 e. The van der Waals surface area contributed by atoms with Gasteiger partial charge in [-0.15, -0.1) is 11.8 Å². The van der Waals surface area contributed by atoms with Gasteiger partial charge in [0.1, 0.15) is 0 Å². The number of piperazine rings is 1. The second-order valence-corrected chi connectivity index (χ2v) is 11.9. The van der Waals surface area contributed by atoms with E-state index in [4.69, 9.17) is 0 Å². The lowest BCUT2D eigenvalue weighted by molar-refractivity contribution is 0.131. The van der Waals surface area contributed by atoms with E-state index in [1.807, 2.05) is 16.3 Å². The van der Waals surface area contributed by atoms with Crippen molar-refractivity contribution in [3.8, 4) is 0 Å². The quantitative estimate of drug-likeness (QED) is 0.204. The van der Waals surface area contributed by atoms with Crippen molar-refractivity contribution in [1.82, 2.24) is 28.5 Å². The summed E-state index contributed by atoms with van der Waals surface area (Å²) < 4.78 is 5.12. The van der Waals surface area contributed by atoms with Crippen molar-refractivity contribution in [3.05, 3.63) is 57.0 Å². The van der Waals surface area contributed by atoms with E-state index in [0.29, 0.717) is 24.3 Å². The third kappa shape index (κ3) is 7.86. The van der Waals surface area contributed by atoms with Crippen LogP contribution in [0.4, 0.5) is 0 Å². The van der Waals surface area contributed by atoms with Crippen LogP contribution in [0.5, 0.6) is 0 Å². The summed E-state index contributed by atoms with van der Waals surface area (Å²) in [7, 11) is 0. The van der Waals surface area contributed by atoms with Gasteiger partial charge in [-0.25, -0.2) is 9.78 Å². The van der Waals surface area contributed by atoms with Crippen LogP contribution in [0.2, 0.25) is 0 Å². The van der Waals surface area contributed by atoms with Crippen LogP contribution < -0.4 is 11.2 Å². The second kappa shape index (κ2) is 14.9. The zero-order valence-electron chi connectivity index (χ0n) is 24.1. The molecule has 0 radical (unpaired) electrons. The van der Waals surface area contributed by atoms with Gasteiger partial charge in [0.2, 0.25) is 0 Å². The maximum atomic E-state index is 13.3. The van der Waals surface area contributed by atoms with Crippen molar-refractivity contribution in [2.75, 3.05) is 45.0 Å². The molecular formula is C30H46N6O2S. The van der Waals surface area contributed by atoms with Crippen LogP contribution in [0.25, 0.3) is 11.2 Å². The Morgan fingerprint density at radius 2 is 1.38 bits per heavy atom. The topological polar surface area (TPSA) is 68.3 Å². The lowest BCUT2D eigenvalue weighted by Gasteiger charge is -2.34. The van der Waals surface area contributed by atoms with E-state index < -0.39 is 0 Å². The van der Waals surface area contributed by atoms with E-state index >= 15 is 0 Å². The fourth-order valence-corrected chi connectivity index (χ4v) is 6.09. The van der Waals surface area contributed by atoms with Crippen molar-refractivity contribution < 1.29 is 0 Å². The van der Waals surface area contributed by atoms with Gasteiger partial charge in [0.05, 0.1) is 6.33 Å². The molecule has 214 valence electrons. The number of benzene rings is 1. The number of aryl methyl sites for hydroxylation is 3. The molecule has 3 heterocycles. The molecule has 4 rings (SSSR count). The largest absolute Gasteiger partial charge is 0.332 e. The third-order valence-electron chi connectivity index (χ3n) is 7.70. The standard InChI is InChI=1S/C30H46N6O2S/c1-4-6-17-35-28-27(29(37)36(30(35)38)18-7-5-2)34(24-31-28)16-8-14-32-19-21-33(22-20-32)15-9-23-39-26-12-10-25(3)11-13-26/h10-13,24H,4-9,14-23H2,1-3H3. The van der Waals surface area contributed by atoms with E-state index in [-0.39, 0.29) is 11.2 Å². The highest BCUT2D eigenvalue weighted by Crippen LogP contribution is 2.19. The highest BCUT2D eigenvalue weighted by Gasteiger charge is 2.19. The monoisotopic (exact) mass is 554 g/mol. The Morgan fingerprint density at radius 1 is 0.769 bits per heavy atom. The predicted molar refractivity (Wildman–Crippen MR) is 162 cm³/mol. The van der Waals surface area contributed by atoms with E-state index in [2.05, 4.69) is 59.8 Å². The van der Waals surface area contributed by atoms with Gasteiger partial charge in [0.15, 0.2) is 11.2 Å². The van der Waals surface area contributed by atoms with E-state index in [1.54, 1.807) is 10.9 Å². The number of hydrogen-bond donors (Lipinski definition) is 0. The van der Waals surface area contributed by atoms with Crippen LogP contribution in [0, 0.1) is 6.92 Å². The zero-order valence-corrected chi connectivity index (χ0v) is 24.9. The molecule has 0 atom stereocenters. The average Bonchev–Trinajstić information content (AvgIpc) is 3.37. The van der Waals surface area contributed by atoms with Crippen LogP contribution in [-0.4, -0.2) is 73.5 Å². The molecule has 1 saturated heterocycles. The Balaban J connectivity index is 1.26. The molecule has 0 N–H and O–H groups in total. The molecular weight excluding hydrogens is 508 g/mol. The lowest BCUT2D eigenvalue weighted by atomic mass is 10.2. The van der Waals surface area contributed by atoms with Crippen molar-refractivity contribution in [2.45, 2.75) is 83.8 Å². The van der Waals surface area contributed by atoms with Gasteiger partial charge in [-0.1, -0.05) is 44.4 Å². The van der Waals surface area contributed by atoms with Gasteiger partial charge < -0.3 is 14.4 Å². The van der Waals surface area contributed by atoms with Gasteiger partial charge >= 0.3 is 5.69 Å². The number of imidazole rings is 1. The molecule has 0 bridgehead atoms. The Hall–Kier alpha value is -2.36. The van der Waals surface area contributed by atoms with Crippen molar-refractivity contribution >= 4 is 22.9 Å². The van der Waals surface area contributed by atoms with E-state index in [0.717, 1.165) is 83.7 Å². The Kier molecular flexibility index (Phi) is 11.3. The number of unbranched alkanes of at least 4 members (excludes halogenated alkanes) is 2. The summed E-state index contributed by atoms with van der Waals surface area (Å²) in [5.41, 5.74) is 2.03. The van der Waals surface area contributed by atoms with Gasteiger partial charge in [-0.05, 0) is 63.6 Å². The Morgan fingerprint density at radius 3 is 2.03 bits per heavy atom. The van der Waals surface area contributed by atoms with Crippen LogP contribution in [0.3, 0.4) is 0 Å². The number of aromatic nitrogens is 4. The highest BCUT2D eigenvalue weighted by atomic mass is 32.2. The van der Waals surface area contributed by atoms with Crippen LogP contribution in [0.1, 0.15) is 57.9 Å². The van der Waals surface area contributed by atoms with Gasteiger partial charge in [-0.2, -0.15) is 0 Å². The summed E-state index contributed by atoms with van der Waals surface area (Å²) in [5.74, 6) is 1.16. The summed E-state index contributed by atoms with van der Waals surface area (Å²) >= 11 is 1.95. The predicted octanol–water partition coefficient (Wildman–Crippen LogP) is 4.46. The summed E-state index contributed by atoms with van der Waals surface area (Å²) in [6, 6.07) is 8.82. The number of rotatable bonds is 15. The fourth-order valence-electron chi connectivity index (χ4n) is 5.25. The van der Waals surface area contributed by atoms with E-state index in [9.17, 15) is 9.59 Å². The zero-order chi connectivity index (χ0) is 27.6. The smallest absolute Gasteiger partial charge is 0.325 e. The number of nitrogens with zero attached hydrogens (tertiary/aromatic N) is 6. The second-order valence-electron chi connectivity index (χ2n) is 10.8. The first-order chi connectivity index (χ1) is 19.0. The molecule has 9 heteroatoms. The lowest BCUT2D eigenvalue weighted by Crippen LogP contribution is -2.46. The van der Waals surface area contributed by atoms with Crippen LogP contribution in [-0.2, 0) is 19.6 Å². The summed E-state index contributed by atoms with van der Waals surface area (Å²) in [4.78, 5) is 37.5. The van der Waals surface area contributed by atoms with Gasteiger partial charge in [-0.3, -0.25) is 13.9 Å². The molecule has 0 amide bonds. The first kappa shape index (κ1) is 29.6. The minimum absolute atomic E-state index is 0.192. The first-order valence-electron chi connectivity index (χ1n) is 14.8. The van der Waals surface area contributed by atoms with Crippen molar-refractivity contribution in [3.63, 3.8) is 0 Å². The van der Waals surface area contributed by atoms with Crippen LogP contribution >= 0.6 is 11.8 Å². The molecule has 0 unspecified atom stereocenters. The number of hydrogen-bond acceptors (Lipinski definition) is 6. The maximum absolute atomic E-state index is 13.3. The minimum Gasteiger partial charge on any atom is -0.325 e. The van der Waals surface area contributed by atoms with E-state index in [1.165, 1.54) is 21.4 Å². The molecule has 3 aromatic rings. The fraction of sp³-hybridized carbons (Fsp3) is 0.633. The van der Waals surface area contributed by atoms with Crippen molar-refractivity contribution in [2.24, 2.45) is 0 Å². The Bertz CT molecular complexity index is 1290. The minimum atomic E-state index is -0.216. The molecule has 8 nitrogen and oxygen atoms in total. The molecule has 2 aromatic heterocycles. The molecule has 1 aliphatic heterocycles. The SMILES string of the molecule is CCCCn1c(=O)c2c(ncn2CCCN2CCN(CCCSc3ccc(C)cc3)CC2)n(CCCC)c1=O. The molecule has 0 saturated carbocycles. The molecule has 0 aliphatic carbocycles. The summed E-state index contributed by atoms with van der Waals surface area (Å²) in [6.45, 7) is 14.7. The average molecular weight is 555 g/mol. The van der Waals surface area contributed by atoms with Crippen LogP contribution in [0.15, 0.2) is 45.1 Å². The summed E-state index contributed by atoms with van der Waals surface area (Å²) in [6.07, 6.45) is 7.57. The van der Waals surface area contributed by atoms with Gasteiger partial charge in [0.25, 0.3) is 5.56 Å². The molecule has 1 aromatic carbocycles. The molecule has 39 heavy (non-hydrogen) atoms. The van der Waals surface area contributed by atoms with Crippen molar-refractivity contribution in [1.29, 1.82) is 0 Å². The number of thioether (sulfide) groups is 1. The first-order valence-corrected chi connectivity index (χ1v) is 15.8.